The van der Waals surface area contributed by atoms with Crippen LogP contribution in [-0.4, -0.2) is 43.1 Å². The molecule has 1 heterocycles. The van der Waals surface area contributed by atoms with E-state index in [1.165, 1.54) is 7.11 Å². The van der Waals surface area contributed by atoms with E-state index in [1.54, 1.807) is 12.1 Å². The van der Waals surface area contributed by atoms with Gasteiger partial charge in [0.1, 0.15) is 0 Å². The number of methoxy groups -OCH3 is 1. The summed E-state index contributed by atoms with van der Waals surface area (Å²) in [5.41, 5.74) is 5.33. The summed E-state index contributed by atoms with van der Waals surface area (Å²) in [4.78, 5) is 42.3. The van der Waals surface area contributed by atoms with Crippen molar-refractivity contribution in [2.24, 2.45) is 10.8 Å². The maximum Gasteiger partial charge on any atom is 0.262 e. The Balaban J connectivity index is 1.53. The van der Waals surface area contributed by atoms with Gasteiger partial charge in [0, 0.05) is 54.0 Å². The van der Waals surface area contributed by atoms with Crippen molar-refractivity contribution in [2.45, 2.75) is 66.2 Å². The quantitative estimate of drug-likeness (QED) is 0.390. The molecule has 0 radical (unpaired) electrons. The minimum atomic E-state index is -0.552. The van der Waals surface area contributed by atoms with Crippen LogP contribution in [0, 0.1) is 17.8 Å². The monoisotopic (exact) mass is 590 g/mol. The van der Waals surface area contributed by atoms with Crippen molar-refractivity contribution in [1.29, 1.82) is 0 Å². The number of rotatable bonds is 6. The van der Waals surface area contributed by atoms with Gasteiger partial charge in [-0.3, -0.25) is 14.4 Å². The molecule has 222 valence electrons. The molecule has 8 heteroatoms. The fourth-order valence-electron chi connectivity index (χ4n) is 6.52. The summed E-state index contributed by atoms with van der Waals surface area (Å²) in [7, 11) is 3.48. The van der Waals surface area contributed by atoms with Crippen LogP contribution in [0.3, 0.4) is 0 Å². The van der Waals surface area contributed by atoms with Gasteiger partial charge in [0.2, 0.25) is 0 Å². The van der Waals surface area contributed by atoms with E-state index in [0.29, 0.717) is 41.0 Å². The van der Waals surface area contributed by atoms with E-state index in [0.717, 1.165) is 29.8 Å². The van der Waals surface area contributed by atoms with Crippen LogP contribution in [0.1, 0.15) is 70.4 Å². The van der Waals surface area contributed by atoms with Crippen LogP contribution in [0.4, 0.5) is 5.69 Å². The van der Waals surface area contributed by atoms with Gasteiger partial charge in [0.05, 0.1) is 12.1 Å². The first-order valence-corrected chi connectivity index (χ1v) is 14.7. The normalized spacial score (nSPS) is 19.9. The summed E-state index contributed by atoms with van der Waals surface area (Å²) in [6.45, 7) is 10.1. The molecule has 1 amide bonds. The Bertz CT molecular complexity index is 1480. The summed E-state index contributed by atoms with van der Waals surface area (Å²) in [6.07, 6.45) is 2.27. The van der Waals surface area contributed by atoms with Gasteiger partial charge >= 0.3 is 0 Å². The number of halogens is 1. The van der Waals surface area contributed by atoms with Gasteiger partial charge in [-0.2, -0.15) is 0 Å². The average molecular weight is 591 g/mol. The SMILES string of the molecule is COc1cc(C2C3=C(CC(C)(C)CC3=O)N(C)C3=C2C(=O)CC(C)(C)C3)cc(Cl)c1OCC(=O)Nc1ccc(C)cc1. The molecule has 0 unspecified atom stereocenters. The minimum Gasteiger partial charge on any atom is -0.493 e. The highest BCUT2D eigenvalue weighted by molar-refractivity contribution is 6.32. The van der Waals surface area contributed by atoms with Crippen LogP contribution in [0.25, 0.3) is 0 Å². The largest absolute Gasteiger partial charge is 0.493 e. The molecule has 0 saturated carbocycles. The Labute approximate surface area is 252 Å². The number of amides is 1. The second kappa shape index (κ2) is 10.9. The van der Waals surface area contributed by atoms with E-state index in [4.69, 9.17) is 21.1 Å². The second-order valence-electron chi connectivity index (χ2n) is 13.3. The van der Waals surface area contributed by atoms with E-state index in [-0.39, 0.29) is 45.7 Å². The van der Waals surface area contributed by atoms with Gasteiger partial charge in [-0.1, -0.05) is 57.0 Å². The minimum absolute atomic E-state index is 0.0467. The fourth-order valence-corrected chi connectivity index (χ4v) is 6.79. The fraction of sp³-hybridized carbons (Fsp3) is 0.441. The van der Waals surface area contributed by atoms with Gasteiger partial charge in [0.15, 0.2) is 29.7 Å². The highest BCUT2D eigenvalue weighted by Crippen LogP contribution is 2.55. The summed E-state index contributed by atoms with van der Waals surface area (Å²) >= 11 is 6.79. The third-order valence-corrected chi connectivity index (χ3v) is 8.73. The van der Waals surface area contributed by atoms with Crippen molar-refractivity contribution in [3.8, 4) is 11.5 Å². The van der Waals surface area contributed by atoms with Crippen LogP contribution in [0.5, 0.6) is 11.5 Å². The van der Waals surface area contributed by atoms with Crippen LogP contribution in [-0.2, 0) is 14.4 Å². The van der Waals surface area contributed by atoms with E-state index in [1.807, 2.05) is 38.2 Å². The average Bonchev–Trinajstić information content (AvgIpc) is 2.89. The van der Waals surface area contributed by atoms with E-state index >= 15 is 0 Å². The summed E-state index contributed by atoms with van der Waals surface area (Å²) in [6, 6.07) is 11.0. The standard InChI is InChI=1S/C34H39ClN2O5/c1-19-8-10-21(11-9-19)36-28(40)18-42-32-22(35)12-20(13-27(32)41-7)29-30-23(14-33(2,3)16-25(30)38)37(6)24-15-34(4,5)17-26(39)31(24)29/h8-13,29H,14-18H2,1-7H3,(H,36,40). The zero-order valence-corrected chi connectivity index (χ0v) is 26.2. The Hall–Kier alpha value is -3.58. The number of allylic oxidation sites excluding steroid dienone is 4. The van der Waals surface area contributed by atoms with Gasteiger partial charge in [0.25, 0.3) is 5.91 Å². The maximum atomic E-state index is 13.8. The highest BCUT2D eigenvalue weighted by Gasteiger charge is 2.48. The number of carbonyl (C=O) groups excluding carboxylic acids is 3. The molecule has 2 aliphatic carbocycles. The lowest BCUT2D eigenvalue weighted by Crippen LogP contribution is -2.43. The number of ether oxygens (including phenoxy) is 2. The molecule has 3 aliphatic rings. The molecule has 2 aromatic rings. The zero-order valence-electron chi connectivity index (χ0n) is 25.4. The van der Waals surface area contributed by atoms with Crippen LogP contribution in [0.2, 0.25) is 5.02 Å². The van der Waals surface area contributed by atoms with Gasteiger partial charge in [-0.05, 0) is 60.4 Å². The Morgan fingerprint density at radius 2 is 1.50 bits per heavy atom. The summed E-state index contributed by atoms with van der Waals surface area (Å²) in [5, 5.41) is 3.05. The lowest BCUT2D eigenvalue weighted by atomic mass is 9.63. The predicted octanol–water partition coefficient (Wildman–Crippen LogP) is 6.99. The Morgan fingerprint density at radius 3 is 2.02 bits per heavy atom. The molecule has 0 atom stereocenters. The van der Waals surface area contributed by atoms with E-state index in [2.05, 4.69) is 37.9 Å². The van der Waals surface area contributed by atoms with E-state index in [9.17, 15) is 14.4 Å². The third-order valence-electron chi connectivity index (χ3n) is 8.45. The van der Waals surface area contributed by atoms with Crippen molar-refractivity contribution in [3.05, 3.63) is 75.1 Å². The Kier molecular flexibility index (Phi) is 7.77. The first kappa shape index (κ1) is 29.9. The number of nitrogens with zero attached hydrogens (tertiary/aromatic N) is 1. The third kappa shape index (κ3) is 5.71. The number of aryl methyl sites for hydroxylation is 1. The summed E-state index contributed by atoms with van der Waals surface area (Å²) in [5.74, 6) is -0.243. The number of Topliss-reactive ketones (excluding diaryl/α,β-unsaturated/α-hetero) is 2. The molecule has 2 aromatic carbocycles. The van der Waals surface area contributed by atoms with Crippen molar-refractivity contribution < 1.29 is 23.9 Å². The smallest absolute Gasteiger partial charge is 0.262 e. The molecule has 42 heavy (non-hydrogen) atoms. The lowest BCUT2D eigenvalue weighted by molar-refractivity contribution is -0.120. The van der Waals surface area contributed by atoms with Gasteiger partial charge in [-0.15, -0.1) is 0 Å². The number of anilines is 1. The zero-order chi connectivity index (χ0) is 30.6. The molecule has 0 aromatic heterocycles. The van der Waals surface area contributed by atoms with Crippen LogP contribution < -0.4 is 14.8 Å². The molecule has 0 bridgehead atoms. The predicted molar refractivity (Wildman–Crippen MR) is 164 cm³/mol. The van der Waals surface area contributed by atoms with Gasteiger partial charge < -0.3 is 19.7 Å². The van der Waals surface area contributed by atoms with Gasteiger partial charge in [-0.25, -0.2) is 0 Å². The first-order chi connectivity index (χ1) is 19.7. The number of ketones is 2. The lowest BCUT2D eigenvalue weighted by Gasteiger charge is -2.48. The van der Waals surface area contributed by atoms with Crippen molar-refractivity contribution in [1.82, 2.24) is 4.90 Å². The van der Waals surface area contributed by atoms with Crippen molar-refractivity contribution >= 4 is 34.8 Å². The molecule has 1 aliphatic heterocycles. The maximum absolute atomic E-state index is 13.8. The Morgan fingerprint density at radius 1 is 0.952 bits per heavy atom. The van der Waals surface area contributed by atoms with Crippen molar-refractivity contribution in [2.75, 3.05) is 26.1 Å². The van der Waals surface area contributed by atoms with Crippen LogP contribution >= 0.6 is 11.6 Å². The molecular formula is C34H39ClN2O5. The highest BCUT2D eigenvalue weighted by atomic mass is 35.5. The molecular weight excluding hydrogens is 552 g/mol. The van der Waals surface area contributed by atoms with Crippen LogP contribution in [0.15, 0.2) is 58.9 Å². The van der Waals surface area contributed by atoms with Crippen molar-refractivity contribution in [3.63, 3.8) is 0 Å². The summed E-state index contributed by atoms with van der Waals surface area (Å²) < 4.78 is 11.5. The molecule has 0 spiro atoms. The number of nitrogens with one attached hydrogen (secondary N) is 1. The molecule has 1 N–H and O–H groups in total. The number of carbonyl (C=O) groups is 3. The number of hydrogen-bond donors (Lipinski definition) is 1. The van der Waals surface area contributed by atoms with E-state index < -0.39 is 5.92 Å². The molecule has 0 fully saturated rings. The number of benzene rings is 2. The molecule has 5 rings (SSSR count). The molecule has 7 nitrogen and oxygen atoms in total. The second-order valence-corrected chi connectivity index (χ2v) is 13.7. The first-order valence-electron chi connectivity index (χ1n) is 14.3. The molecule has 0 saturated heterocycles. The number of hydrogen-bond acceptors (Lipinski definition) is 6. The topological polar surface area (TPSA) is 84.9 Å².